The van der Waals surface area contributed by atoms with Gasteiger partial charge in [-0.2, -0.15) is 0 Å². The zero-order chi connectivity index (χ0) is 15.6. The molecule has 1 amide bonds. The van der Waals surface area contributed by atoms with E-state index in [0.717, 1.165) is 56.4 Å². The lowest BCUT2D eigenvalue weighted by atomic mass is 9.95. The van der Waals surface area contributed by atoms with E-state index in [9.17, 15) is 4.79 Å². The van der Waals surface area contributed by atoms with Crippen LogP contribution in [0.3, 0.4) is 0 Å². The fraction of sp³-hybridized carbons (Fsp3) is 0.611. The molecule has 1 aromatic carbocycles. The molecule has 1 fully saturated rings. The third-order valence-corrected chi connectivity index (χ3v) is 4.30. The first kappa shape index (κ1) is 16.8. The van der Waals surface area contributed by atoms with E-state index in [1.165, 1.54) is 19.3 Å². The number of hydrogen-bond donors (Lipinski definition) is 3. The number of carbonyl (C=O) groups excluding carboxylic acids is 1. The van der Waals surface area contributed by atoms with Gasteiger partial charge >= 0.3 is 0 Å². The molecule has 22 heavy (non-hydrogen) atoms. The van der Waals surface area contributed by atoms with Gasteiger partial charge in [0, 0.05) is 23.8 Å². The molecule has 4 nitrogen and oxygen atoms in total. The lowest BCUT2D eigenvalue weighted by Crippen LogP contribution is -2.36. The summed E-state index contributed by atoms with van der Waals surface area (Å²) in [7, 11) is 0. The Bertz CT molecular complexity index is 438. The second-order valence-corrected chi connectivity index (χ2v) is 6.16. The standard InChI is InChI=1S/C18H29N3O/c19-13-5-2-6-14-20-16-11-9-15(10-12-16)18(22)21-17-7-3-1-4-8-17/h9-12,17,20H,1-8,13-14,19H2,(H,21,22). The van der Waals surface area contributed by atoms with Crippen LogP contribution in [0.4, 0.5) is 5.69 Å². The zero-order valence-corrected chi connectivity index (χ0v) is 13.4. The fourth-order valence-electron chi connectivity index (χ4n) is 2.93. The Morgan fingerprint density at radius 2 is 1.77 bits per heavy atom. The lowest BCUT2D eigenvalue weighted by molar-refractivity contribution is 0.0928. The molecule has 0 unspecified atom stereocenters. The van der Waals surface area contributed by atoms with Crippen LogP contribution in [-0.4, -0.2) is 25.0 Å². The van der Waals surface area contributed by atoms with Crippen LogP contribution in [0.1, 0.15) is 61.7 Å². The van der Waals surface area contributed by atoms with Crippen molar-refractivity contribution in [3.8, 4) is 0 Å². The first-order chi connectivity index (χ1) is 10.8. The molecule has 0 saturated heterocycles. The maximum absolute atomic E-state index is 12.2. The number of amides is 1. The molecule has 1 aliphatic carbocycles. The Morgan fingerprint density at radius 1 is 1.05 bits per heavy atom. The normalized spacial score (nSPS) is 15.5. The summed E-state index contributed by atoms with van der Waals surface area (Å²) >= 11 is 0. The van der Waals surface area contributed by atoms with E-state index in [-0.39, 0.29) is 5.91 Å². The number of rotatable bonds is 8. The quantitative estimate of drug-likeness (QED) is 0.646. The number of nitrogens with one attached hydrogen (secondary N) is 2. The first-order valence-electron chi connectivity index (χ1n) is 8.64. The Balaban J connectivity index is 1.74. The SMILES string of the molecule is NCCCCCNc1ccc(C(=O)NC2CCCCC2)cc1. The average Bonchev–Trinajstić information content (AvgIpc) is 2.56. The third kappa shape index (κ3) is 5.68. The largest absolute Gasteiger partial charge is 0.385 e. The Kier molecular flexibility index (Phi) is 7.23. The van der Waals surface area contributed by atoms with Gasteiger partial charge in [0.1, 0.15) is 0 Å². The zero-order valence-electron chi connectivity index (χ0n) is 13.4. The van der Waals surface area contributed by atoms with Crippen molar-refractivity contribution in [2.75, 3.05) is 18.4 Å². The Labute approximate surface area is 133 Å². The Hall–Kier alpha value is -1.55. The average molecular weight is 303 g/mol. The predicted molar refractivity (Wildman–Crippen MR) is 92.2 cm³/mol. The van der Waals surface area contributed by atoms with E-state index in [4.69, 9.17) is 5.73 Å². The number of carbonyl (C=O) groups is 1. The summed E-state index contributed by atoms with van der Waals surface area (Å²) in [4.78, 5) is 12.2. The number of hydrogen-bond acceptors (Lipinski definition) is 3. The molecule has 122 valence electrons. The Morgan fingerprint density at radius 3 is 2.45 bits per heavy atom. The van der Waals surface area contributed by atoms with E-state index < -0.39 is 0 Å². The van der Waals surface area contributed by atoms with Crippen LogP contribution in [0.2, 0.25) is 0 Å². The van der Waals surface area contributed by atoms with E-state index in [2.05, 4.69) is 10.6 Å². The van der Waals surface area contributed by atoms with E-state index in [1.807, 2.05) is 24.3 Å². The van der Waals surface area contributed by atoms with Crippen molar-refractivity contribution in [1.82, 2.24) is 5.32 Å². The van der Waals surface area contributed by atoms with Crippen molar-refractivity contribution in [2.24, 2.45) is 5.73 Å². The van der Waals surface area contributed by atoms with Crippen molar-refractivity contribution in [3.05, 3.63) is 29.8 Å². The van der Waals surface area contributed by atoms with Gasteiger partial charge in [-0.3, -0.25) is 4.79 Å². The summed E-state index contributed by atoms with van der Waals surface area (Å²) in [6.45, 7) is 1.72. The van der Waals surface area contributed by atoms with Crippen LogP contribution in [0.15, 0.2) is 24.3 Å². The van der Waals surface area contributed by atoms with Crippen molar-refractivity contribution in [3.63, 3.8) is 0 Å². The molecule has 4 heteroatoms. The van der Waals surface area contributed by atoms with Gasteiger partial charge in [0.15, 0.2) is 0 Å². The highest BCUT2D eigenvalue weighted by molar-refractivity contribution is 5.94. The lowest BCUT2D eigenvalue weighted by Gasteiger charge is -2.22. The first-order valence-corrected chi connectivity index (χ1v) is 8.64. The smallest absolute Gasteiger partial charge is 0.251 e. The third-order valence-electron chi connectivity index (χ3n) is 4.30. The fourth-order valence-corrected chi connectivity index (χ4v) is 2.93. The molecule has 0 aliphatic heterocycles. The summed E-state index contributed by atoms with van der Waals surface area (Å²) in [5, 5.41) is 6.53. The molecule has 1 aliphatic rings. The minimum absolute atomic E-state index is 0.0568. The van der Waals surface area contributed by atoms with Crippen molar-refractivity contribution in [1.29, 1.82) is 0 Å². The second-order valence-electron chi connectivity index (χ2n) is 6.16. The van der Waals surface area contributed by atoms with E-state index >= 15 is 0 Å². The minimum Gasteiger partial charge on any atom is -0.385 e. The van der Waals surface area contributed by atoms with Gasteiger partial charge in [0.25, 0.3) is 5.91 Å². The van der Waals surface area contributed by atoms with Gasteiger partial charge in [-0.15, -0.1) is 0 Å². The summed E-state index contributed by atoms with van der Waals surface area (Å²) in [6.07, 6.45) is 9.38. The van der Waals surface area contributed by atoms with E-state index in [0.29, 0.717) is 6.04 Å². The summed E-state index contributed by atoms with van der Waals surface area (Å²) in [5.41, 5.74) is 7.30. The molecule has 1 saturated carbocycles. The van der Waals surface area contributed by atoms with Crippen molar-refractivity contribution in [2.45, 2.75) is 57.4 Å². The topological polar surface area (TPSA) is 67.1 Å². The predicted octanol–water partition coefficient (Wildman–Crippen LogP) is 3.29. The molecule has 0 spiro atoms. The van der Waals surface area contributed by atoms with Crippen LogP contribution in [0.5, 0.6) is 0 Å². The van der Waals surface area contributed by atoms with Crippen LogP contribution in [0.25, 0.3) is 0 Å². The van der Waals surface area contributed by atoms with Gasteiger partial charge < -0.3 is 16.4 Å². The van der Waals surface area contributed by atoms with E-state index in [1.54, 1.807) is 0 Å². The molecule has 1 aromatic rings. The van der Waals surface area contributed by atoms with Crippen LogP contribution < -0.4 is 16.4 Å². The second kappa shape index (κ2) is 9.46. The maximum atomic E-state index is 12.2. The van der Waals surface area contributed by atoms with Gasteiger partial charge in [0.2, 0.25) is 0 Å². The van der Waals surface area contributed by atoms with Gasteiger partial charge in [-0.25, -0.2) is 0 Å². The molecule has 4 N–H and O–H groups in total. The number of unbranched alkanes of at least 4 members (excludes halogenated alkanes) is 2. The summed E-state index contributed by atoms with van der Waals surface area (Å²) in [6, 6.07) is 8.14. The molecule has 0 aromatic heterocycles. The van der Waals surface area contributed by atoms with Gasteiger partial charge in [-0.05, 0) is 56.5 Å². The number of benzene rings is 1. The molecular weight excluding hydrogens is 274 g/mol. The van der Waals surface area contributed by atoms with Crippen molar-refractivity contribution >= 4 is 11.6 Å². The van der Waals surface area contributed by atoms with Crippen LogP contribution in [0, 0.1) is 0 Å². The highest BCUT2D eigenvalue weighted by Crippen LogP contribution is 2.18. The van der Waals surface area contributed by atoms with Crippen molar-refractivity contribution < 1.29 is 4.79 Å². The van der Waals surface area contributed by atoms with Crippen LogP contribution >= 0.6 is 0 Å². The molecule has 0 heterocycles. The molecule has 0 bridgehead atoms. The summed E-state index contributed by atoms with van der Waals surface area (Å²) < 4.78 is 0. The number of anilines is 1. The molecular formula is C18H29N3O. The minimum atomic E-state index is 0.0568. The monoisotopic (exact) mass is 303 g/mol. The van der Waals surface area contributed by atoms with Crippen LogP contribution in [-0.2, 0) is 0 Å². The summed E-state index contributed by atoms with van der Waals surface area (Å²) in [5.74, 6) is 0.0568. The highest BCUT2D eigenvalue weighted by Gasteiger charge is 2.16. The molecule has 2 rings (SSSR count). The molecule has 0 atom stereocenters. The molecule has 0 radical (unpaired) electrons. The number of nitrogens with two attached hydrogens (primary N) is 1. The maximum Gasteiger partial charge on any atom is 0.251 e. The van der Waals surface area contributed by atoms with Gasteiger partial charge in [-0.1, -0.05) is 25.7 Å². The van der Waals surface area contributed by atoms with Gasteiger partial charge in [0.05, 0.1) is 0 Å². The highest BCUT2D eigenvalue weighted by atomic mass is 16.1.